The molecule has 0 amide bonds. The topological polar surface area (TPSA) is 61.1 Å². The number of methoxy groups -OCH3 is 3. The average molecular weight is 431 g/mol. The summed E-state index contributed by atoms with van der Waals surface area (Å²) in [6.45, 7) is 0. The van der Waals surface area contributed by atoms with Crippen LogP contribution in [0.5, 0.6) is 17.2 Å². The molecule has 4 aromatic rings. The fourth-order valence-corrected chi connectivity index (χ4v) is 3.82. The number of benzene rings is 3. The van der Waals surface area contributed by atoms with Crippen molar-refractivity contribution in [2.45, 2.75) is 0 Å². The summed E-state index contributed by atoms with van der Waals surface area (Å²) in [5, 5.41) is 0.646. The standard InChI is InChI=1S/C26H25NO5/c1-27(2)19-12-10-17(11-13-19)16-6-8-18(9-7-16)20-14-23(28)32-21-15-22(29-3)25(30-4)26(31-5)24(20)21/h6-15H,1-5H3. The summed E-state index contributed by atoms with van der Waals surface area (Å²) in [7, 11) is 8.65. The minimum absolute atomic E-state index is 0.366. The van der Waals surface area contributed by atoms with E-state index < -0.39 is 5.63 Å². The zero-order valence-corrected chi connectivity index (χ0v) is 18.8. The third-order valence-corrected chi connectivity index (χ3v) is 5.45. The van der Waals surface area contributed by atoms with Crippen LogP contribution < -0.4 is 24.7 Å². The third-order valence-electron chi connectivity index (χ3n) is 5.45. The maximum absolute atomic E-state index is 12.3. The second-order valence-electron chi connectivity index (χ2n) is 7.52. The highest BCUT2D eigenvalue weighted by Gasteiger charge is 2.21. The Balaban J connectivity index is 1.85. The molecule has 6 heteroatoms. The molecule has 164 valence electrons. The van der Waals surface area contributed by atoms with Crippen LogP contribution in [-0.2, 0) is 0 Å². The van der Waals surface area contributed by atoms with E-state index in [2.05, 4.69) is 29.2 Å². The van der Waals surface area contributed by atoms with Crippen LogP contribution in [0.3, 0.4) is 0 Å². The molecule has 0 aliphatic rings. The number of ether oxygens (including phenoxy) is 3. The van der Waals surface area contributed by atoms with Crippen molar-refractivity contribution in [3.63, 3.8) is 0 Å². The van der Waals surface area contributed by atoms with Gasteiger partial charge in [0, 0.05) is 37.5 Å². The number of hydrogen-bond donors (Lipinski definition) is 0. The molecule has 4 rings (SSSR count). The largest absolute Gasteiger partial charge is 0.493 e. The molecule has 0 fully saturated rings. The summed E-state index contributed by atoms with van der Waals surface area (Å²) in [4.78, 5) is 14.4. The van der Waals surface area contributed by atoms with Gasteiger partial charge >= 0.3 is 5.63 Å². The van der Waals surface area contributed by atoms with Crippen LogP contribution in [0.4, 0.5) is 5.69 Å². The van der Waals surface area contributed by atoms with E-state index in [1.54, 1.807) is 20.3 Å². The van der Waals surface area contributed by atoms with Crippen molar-refractivity contribution in [1.29, 1.82) is 0 Å². The van der Waals surface area contributed by atoms with Crippen molar-refractivity contribution in [3.05, 3.63) is 71.1 Å². The summed E-state index contributed by atoms with van der Waals surface area (Å²) in [6, 6.07) is 19.5. The number of nitrogens with zero attached hydrogens (tertiary/aromatic N) is 1. The molecule has 6 nitrogen and oxygen atoms in total. The van der Waals surface area contributed by atoms with Crippen LogP contribution >= 0.6 is 0 Å². The second kappa shape index (κ2) is 8.67. The Labute approximate surface area is 186 Å². The van der Waals surface area contributed by atoms with Gasteiger partial charge in [-0.15, -0.1) is 0 Å². The molecular formula is C26H25NO5. The summed E-state index contributed by atoms with van der Waals surface area (Å²) < 4.78 is 22.0. The van der Waals surface area contributed by atoms with Gasteiger partial charge in [-0.3, -0.25) is 0 Å². The van der Waals surface area contributed by atoms with Gasteiger partial charge in [0.1, 0.15) is 5.58 Å². The Bertz CT molecular complexity index is 1310. The van der Waals surface area contributed by atoms with Gasteiger partial charge in [-0.1, -0.05) is 36.4 Å². The van der Waals surface area contributed by atoms with Gasteiger partial charge in [-0.2, -0.15) is 0 Å². The van der Waals surface area contributed by atoms with Crippen molar-refractivity contribution in [3.8, 4) is 39.5 Å². The Morgan fingerprint density at radius 1 is 0.719 bits per heavy atom. The number of rotatable bonds is 6. The molecule has 0 aliphatic heterocycles. The molecule has 0 spiro atoms. The van der Waals surface area contributed by atoms with Gasteiger partial charge in [-0.25, -0.2) is 4.79 Å². The van der Waals surface area contributed by atoms with E-state index in [1.807, 2.05) is 38.4 Å². The van der Waals surface area contributed by atoms with E-state index in [1.165, 1.54) is 13.2 Å². The maximum Gasteiger partial charge on any atom is 0.336 e. The number of hydrogen-bond acceptors (Lipinski definition) is 6. The molecule has 0 bridgehead atoms. The predicted molar refractivity (Wildman–Crippen MR) is 127 cm³/mol. The lowest BCUT2D eigenvalue weighted by Crippen LogP contribution is -2.07. The van der Waals surface area contributed by atoms with Gasteiger partial charge in [0.05, 0.1) is 26.7 Å². The minimum Gasteiger partial charge on any atom is -0.493 e. The molecule has 0 unspecified atom stereocenters. The van der Waals surface area contributed by atoms with Crippen molar-refractivity contribution >= 4 is 16.7 Å². The van der Waals surface area contributed by atoms with E-state index >= 15 is 0 Å². The van der Waals surface area contributed by atoms with Crippen molar-refractivity contribution in [1.82, 2.24) is 0 Å². The summed E-state index contributed by atoms with van der Waals surface area (Å²) in [5.41, 5.74) is 4.81. The lowest BCUT2D eigenvalue weighted by Gasteiger charge is -2.16. The van der Waals surface area contributed by atoms with E-state index in [0.29, 0.717) is 33.8 Å². The van der Waals surface area contributed by atoms with Crippen LogP contribution in [0.25, 0.3) is 33.2 Å². The van der Waals surface area contributed by atoms with Gasteiger partial charge in [0.2, 0.25) is 5.75 Å². The van der Waals surface area contributed by atoms with Crippen molar-refractivity contribution < 1.29 is 18.6 Å². The molecule has 1 heterocycles. The molecular weight excluding hydrogens is 406 g/mol. The number of anilines is 1. The normalized spacial score (nSPS) is 10.8. The predicted octanol–water partition coefficient (Wildman–Crippen LogP) is 5.22. The van der Waals surface area contributed by atoms with E-state index in [-0.39, 0.29) is 0 Å². The Morgan fingerprint density at radius 3 is 1.81 bits per heavy atom. The lowest BCUT2D eigenvalue weighted by molar-refractivity contribution is 0.326. The fourth-order valence-electron chi connectivity index (χ4n) is 3.82. The first-order valence-corrected chi connectivity index (χ1v) is 10.1. The number of fused-ring (bicyclic) bond motifs is 1. The summed E-state index contributed by atoms with van der Waals surface area (Å²) >= 11 is 0. The highest BCUT2D eigenvalue weighted by molar-refractivity contribution is 6.01. The maximum atomic E-state index is 12.3. The van der Waals surface area contributed by atoms with Crippen LogP contribution in [0.1, 0.15) is 0 Å². The molecule has 32 heavy (non-hydrogen) atoms. The average Bonchev–Trinajstić information content (AvgIpc) is 2.82. The van der Waals surface area contributed by atoms with Gasteiger partial charge in [0.15, 0.2) is 11.5 Å². The Kier molecular flexibility index (Phi) is 5.77. The molecule has 3 aromatic carbocycles. The third kappa shape index (κ3) is 3.75. The van der Waals surface area contributed by atoms with Gasteiger partial charge in [0.25, 0.3) is 0 Å². The van der Waals surface area contributed by atoms with Crippen LogP contribution in [0, 0.1) is 0 Å². The minimum atomic E-state index is -0.454. The van der Waals surface area contributed by atoms with Crippen LogP contribution in [-0.4, -0.2) is 35.4 Å². The molecule has 0 saturated heterocycles. The van der Waals surface area contributed by atoms with Gasteiger partial charge in [-0.05, 0) is 28.8 Å². The molecule has 0 atom stereocenters. The zero-order chi connectivity index (χ0) is 22.8. The Morgan fingerprint density at radius 2 is 1.28 bits per heavy atom. The van der Waals surface area contributed by atoms with Crippen molar-refractivity contribution in [2.75, 3.05) is 40.3 Å². The van der Waals surface area contributed by atoms with Crippen LogP contribution in [0.15, 0.2) is 69.9 Å². The summed E-state index contributed by atoms with van der Waals surface area (Å²) in [6.07, 6.45) is 0. The van der Waals surface area contributed by atoms with Crippen molar-refractivity contribution in [2.24, 2.45) is 0 Å². The fraction of sp³-hybridized carbons (Fsp3) is 0.192. The summed E-state index contributed by atoms with van der Waals surface area (Å²) in [5.74, 6) is 1.31. The monoisotopic (exact) mass is 431 g/mol. The van der Waals surface area contributed by atoms with Crippen LogP contribution in [0.2, 0.25) is 0 Å². The quantitative estimate of drug-likeness (QED) is 0.390. The van der Waals surface area contributed by atoms with E-state index in [4.69, 9.17) is 18.6 Å². The first kappa shape index (κ1) is 21.3. The molecule has 0 saturated carbocycles. The SMILES string of the molecule is COc1cc2oc(=O)cc(-c3ccc(-c4ccc(N(C)C)cc4)cc3)c2c(OC)c1OC. The molecule has 0 aliphatic carbocycles. The molecule has 1 aromatic heterocycles. The second-order valence-corrected chi connectivity index (χ2v) is 7.52. The smallest absolute Gasteiger partial charge is 0.336 e. The Hall–Kier alpha value is -3.93. The zero-order valence-electron chi connectivity index (χ0n) is 18.8. The lowest BCUT2D eigenvalue weighted by atomic mass is 9.97. The first-order valence-electron chi connectivity index (χ1n) is 10.1. The van der Waals surface area contributed by atoms with Gasteiger partial charge < -0.3 is 23.5 Å². The van der Waals surface area contributed by atoms with E-state index in [9.17, 15) is 4.79 Å². The van der Waals surface area contributed by atoms with E-state index in [0.717, 1.165) is 22.4 Å². The molecule has 0 N–H and O–H groups in total. The molecule has 0 radical (unpaired) electrons. The first-order chi connectivity index (χ1) is 15.5. The highest BCUT2D eigenvalue weighted by Crippen LogP contribution is 2.46. The highest BCUT2D eigenvalue weighted by atomic mass is 16.5.